The molecular weight excluding hydrogens is 225 g/mol. The number of aromatic hydroxyl groups is 1. The van der Waals surface area contributed by atoms with Gasteiger partial charge in [-0.05, 0) is 0 Å². The Bertz CT molecular complexity index is 508. The van der Waals surface area contributed by atoms with Gasteiger partial charge in [-0.2, -0.15) is 13.2 Å². The number of nitrogens with one attached hydrogen (secondary N) is 1. The molecule has 84 valence electrons. The minimum atomic E-state index is -4.49. The van der Waals surface area contributed by atoms with E-state index in [4.69, 9.17) is 5.11 Å². The van der Waals surface area contributed by atoms with Crippen LogP contribution in [0.15, 0.2) is 18.6 Å². The molecule has 16 heavy (non-hydrogen) atoms. The van der Waals surface area contributed by atoms with E-state index >= 15 is 0 Å². The molecule has 2 N–H and O–H groups in total. The Morgan fingerprint density at radius 2 is 1.94 bits per heavy atom. The summed E-state index contributed by atoms with van der Waals surface area (Å²) in [5.41, 5.74) is -0.886. The Kier molecular flexibility index (Phi) is 2.26. The third-order valence-corrected chi connectivity index (χ3v) is 1.78. The Morgan fingerprint density at radius 3 is 2.50 bits per heavy atom. The summed E-state index contributed by atoms with van der Waals surface area (Å²) < 4.78 is 36.7. The average molecular weight is 230 g/mol. The normalized spacial score (nSPS) is 11.7. The van der Waals surface area contributed by atoms with Gasteiger partial charge in [0.15, 0.2) is 5.82 Å². The van der Waals surface area contributed by atoms with Gasteiger partial charge in [-0.3, -0.25) is 0 Å². The van der Waals surface area contributed by atoms with E-state index < -0.39 is 11.9 Å². The van der Waals surface area contributed by atoms with Crippen molar-refractivity contribution in [2.75, 3.05) is 0 Å². The van der Waals surface area contributed by atoms with Crippen LogP contribution < -0.4 is 0 Å². The van der Waals surface area contributed by atoms with Crippen molar-refractivity contribution in [3.63, 3.8) is 0 Å². The third kappa shape index (κ3) is 1.95. The van der Waals surface area contributed by atoms with Crippen LogP contribution in [0, 0.1) is 0 Å². The van der Waals surface area contributed by atoms with Crippen LogP contribution in [0.25, 0.3) is 11.5 Å². The van der Waals surface area contributed by atoms with Crippen LogP contribution in [-0.4, -0.2) is 25.0 Å². The molecule has 0 fully saturated rings. The monoisotopic (exact) mass is 230 g/mol. The molecule has 2 aromatic heterocycles. The van der Waals surface area contributed by atoms with Crippen molar-refractivity contribution < 1.29 is 18.3 Å². The van der Waals surface area contributed by atoms with E-state index in [1.807, 2.05) is 0 Å². The molecule has 0 saturated heterocycles. The highest BCUT2D eigenvalue weighted by molar-refractivity contribution is 5.50. The lowest BCUT2D eigenvalue weighted by atomic mass is 10.4. The molecule has 0 amide bonds. The Hall–Kier alpha value is -2.12. The average Bonchev–Trinajstić information content (AvgIpc) is 2.65. The quantitative estimate of drug-likeness (QED) is 0.780. The highest BCUT2D eigenvalue weighted by atomic mass is 19.4. The molecule has 0 spiro atoms. The molecule has 0 atom stereocenters. The molecular formula is C8H5F3N4O. The molecule has 0 aliphatic rings. The highest BCUT2D eigenvalue weighted by Gasteiger charge is 2.33. The fourth-order valence-corrected chi connectivity index (χ4v) is 1.07. The van der Waals surface area contributed by atoms with Crippen LogP contribution in [-0.2, 0) is 6.18 Å². The van der Waals surface area contributed by atoms with Gasteiger partial charge in [0, 0.05) is 6.07 Å². The summed E-state index contributed by atoms with van der Waals surface area (Å²) in [5.74, 6) is -0.417. The van der Waals surface area contributed by atoms with Crippen molar-refractivity contribution >= 4 is 0 Å². The van der Waals surface area contributed by atoms with E-state index in [0.29, 0.717) is 6.20 Å². The second-order valence-electron chi connectivity index (χ2n) is 2.90. The van der Waals surface area contributed by atoms with E-state index in [0.717, 1.165) is 12.4 Å². The number of nitrogens with zero attached hydrogens (tertiary/aromatic N) is 3. The number of hydrogen-bond acceptors (Lipinski definition) is 4. The Labute approximate surface area is 87.0 Å². The number of H-pyrrole nitrogens is 1. The number of alkyl halides is 3. The van der Waals surface area contributed by atoms with Crippen LogP contribution in [0.1, 0.15) is 5.69 Å². The van der Waals surface area contributed by atoms with Crippen molar-refractivity contribution in [2.24, 2.45) is 0 Å². The zero-order valence-corrected chi connectivity index (χ0v) is 7.65. The molecule has 5 nitrogen and oxygen atoms in total. The summed E-state index contributed by atoms with van der Waals surface area (Å²) in [6.45, 7) is 0. The van der Waals surface area contributed by atoms with Gasteiger partial charge in [-0.1, -0.05) is 0 Å². The minimum absolute atomic E-state index is 0.0787. The van der Waals surface area contributed by atoms with E-state index in [1.165, 1.54) is 0 Å². The molecule has 0 bridgehead atoms. The molecule has 0 aromatic carbocycles. The molecule has 0 aliphatic carbocycles. The van der Waals surface area contributed by atoms with Gasteiger partial charge in [-0.15, -0.1) is 0 Å². The third-order valence-electron chi connectivity index (χ3n) is 1.78. The maximum absolute atomic E-state index is 12.2. The van der Waals surface area contributed by atoms with Crippen LogP contribution in [0.5, 0.6) is 5.88 Å². The fourth-order valence-electron chi connectivity index (χ4n) is 1.07. The smallest absolute Gasteiger partial charge is 0.432 e. The second-order valence-corrected chi connectivity index (χ2v) is 2.90. The van der Waals surface area contributed by atoms with Gasteiger partial charge in [0.1, 0.15) is 17.7 Å². The van der Waals surface area contributed by atoms with E-state index in [1.54, 1.807) is 0 Å². The van der Waals surface area contributed by atoms with Crippen molar-refractivity contribution in [3.8, 4) is 17.4 Å². The number of halogens is 3. The predicted octanol–water partition coefficient (Wildman–Crippen LogP) is 1.59. The molecule has 0 aliphatic heterocycles. The van der Waals surface area contributed by atoms with Gasteiger partial charge in [0.2, 0.25) is 5.88 Å². The highest BCUT2D eigenvalue weighted by Crippen LogP contribution is 2.29. The molecule has 0 saturated carbocycles. The van der Waals surface area contributed by atoms with Crippen LogP contribution in [0.3, 0.4) is 0 Å². The maximum Gasteiger partial charge on any atom is 0.432 e. The van der Waals surface area contributed by atoms with Crippen molar-refractivity contribution in [3.05, 3.63) is 24.3 Å². The standard InChI is InChI=1S/C8H5F3N4O/c9-8(10,11)5-2-12-7(15-5)4-1-6(16)14-3-13-4/h1-3H,(H,12,15)(H,13,14,16). The summed E-state index contributed by atoms with van der Waals surface area (Å²) in [4.78, 5) is 12.7. The second kappa shape index (κ2) is 3.47. The van der Waals surface area contributed by atoms with Crippen molar-refractivity contribution in [2.45, 2.75) is 6.18 Å². The number of aromatic nitrogens is 4. The summed E-state index contributed by atoms with van der Waals surface area (Å²) in [5, 5.41) is 9.03. The fraction of sp³-hybridized carbons (Fsp3) is 0.125. The zero-order chi connectivity index (χ0) is 11.8. The molecule has 2 rings (SSSR count). The molecule has 0 unspecified atom stereocenters. The van der Waals surface area contributed by atoms with E-state index in [-0.39, 0.29) is 17.4 Å². The Morgan fingerprint density at radius 1 is 1.19 bits per heavy atom. The van der Waals surface area contributed by atoms with Gasteiger partial charge in [-0.25, -0.2) is 15.0 Å². The molecule has 8 heteroatoms. The lowest BCUT2D eigenvalue weighted by Crippen LogP contribution is -2.04. The van der Waals surface area contributed by atoms with Crippen molar-refractivity contribution in [1.29, 1.82) is 0 Å². The lowest BCUT2D eigenvalue weighted by Gasteiger charge is -2.01. The molecule has 0 radical (unpaired) electrons. The first-order chi connectivity index (χ1) is 7.47. The van der Waals surface area contributed by atoms with Crippen LogP contribution >= 0.6 is 0 Å². The Balaban J connectivity index is 2.39. The number of aromatic amines is 1. The van der Waals surface area contributed by atoms with Crippen molar-refractivity contribution in [1.82, 2.24) is 19.9 Å². The summed E-state index contributed by atoms with van der Waals surface area (Å²) >= 11 is 0. The van der Waals surface area contributed by atoms with Crippen LogP contribution in [0.4, 0.5) is 13.2 Å². The van der Waals surface area contributed by atoms with Gasteiger partial charge in [0.25, 0.3) is 0 Å². The SMILES string of the molecule is Oc1cc(-c2ncc(C(F)(F)F)[nH]2)ncn1. The minimum Gasteiger partial charge on any atom is -0.493 e. The first-order valence-electron chi connectivity index (χ1n) is 4.10. The zero-order valence-electron chi connectivity index (χ0n) is 7.65. The first kappa shape index (κ1) is 10.4. The number of rotatable bonds is 1. The molecule has 2 heterocycles. The maximum atomic E-state index is 12.2. The summed E-state index contributed by atoms with van der Waals surface area (Å²) in [7, 11) is 0. The van der Waals surface area contributed by atoms with Gasteiger partial charge in [0.05, 0.1) is 6.20 Å². The van der Waals surface area contributed by atoms with E-state index in [2.05, 4.69) is 19.9 Å². The first-order valence-corrected chi connectivity index (χ1v) is 4.10. The number of imidazole rings is 1. The predicted molar refractivity (Wildman–Crippen MR) is 46.3 cm³/mol. The van der Waals surface area contributed by atoms with Gasteiger partial charge >= 0.3 is 6.18 Å². The molecule has 2 aromatic rings. The largest absolute Gasteiger partial charge is 0.493 e. The van der Waals surface area contributed by atoms with Gasteiger partial charge < -0.3 is 10.1 Å². The summed E-state index contributed by atoms with van der Waals surface area (Å²) in [6.07, 6.45) is -2.80. The van der Waals surface area contributed by atoms with E-state index in [9.17, 15) is 13.2 Å². The summed E-state index contributed by atoms with van der Waals surface area (Å²) in [6, 6.07) is 1.11. The number of hydrogen-bond donors (Lipinski definition) is 2. The lowest BCUT2D eigenvalue weighted by molar-refractivity contribution is -0.140. The van der Waals surface area contributed by atoms with Crippen LogP contribution in [0.2, 0.25) is 0 Å². The topological polar surface area (TPSA) is 74.7 Å².